The van der Waals surface area contributed by atoms with Crippen LogP contribution < -0.4 is 10.6 Å². The van der Waals surface area contributed by atoms with Gasteiger partial charge in [0.15, 0.2) is 5.96 Å². The van der Waals surface area contributed by atoms with Crippen LogP contribution in [-0.4, -0.2) is 59.6 Å². The van der Waals surface area contributed by atoms with Crippen molar-refractivity contribution in [1.82, 2.24) is 24.9 Å². The van der Waals surface area contributed by atoms with Gasteiger partial charge in [-0.25, -0.2) is 14.4 Å². The maximum absolute atomic E-state index is 13.5. The predicted octanol–water partition coefficient (Wildman–Crippen LogP) is 3.53. The van der Waals surface area contributed by atoms with Crippen LogP contribution in [0.4, 0.5) is 4.39 Å². The Labute approximate surface area is 211 Å². The highest BCUT2D eigenvalue weighted by Gasteiger charge is 2.23. The third-order valence-corrected chi connectivity index (χ3v) is 5.69. The van der Waals surface area contributed by atoms with Crippen LogP contribution in [0.2, 0.25) is 0 Å². The van der Waals surface area contributed by atoms with Gasteiger partial charge in [-0.3, -0.25) is 4.90 Å². The molecule has 2 aromatic heterocycles. The lowest BCUT2D eigenvalue weighted by atomic mass is 10.0. The molecule has 3 heterocycles. The van der Waals surface area contributed by atoms with E-state index in [2.05, 4.69) is 37.9 Å². The molecular formula is C24H32FIN6O. The number of imidazole rings is 1. The number of rotatable bonds is 7. The molecule has 1 fully saturated rings. The Morgan fingerprint density at radius 3 is 2.61 bits per heavy atom. The molecule has 1 atom stereocenters. The van der Waals surface area contributed by atoms with Crippen LogP contribution in [0.15, 0.2) is 53.7 Å². The number of aliphatic imine (C=N–C) groups is 1. The molecule has 0 aliphatic carbocycles. The molecule has 0 saturated carbocycles. The summed E-state index contributed by atoms with van der Waals surface area (Å²) < 4.78 is 21.1. The lowest BCUT2D eigenvalue weighted by Gasteiger charge is -2.35. The molecule has 1 unspecified atom stereocenters. The number of aromatic nitrogens is 2. The number of benzene rings is 1. The minimum atomic E-state index is -0.222. The molecule has 4 rings (SSSR count). The van der Waals surface area contributed by atoms with E-state index in [1.54, 1.807) is 0 Å². The van der Waals surface area contributed by atoms with Gasteiger partial charge in [-0.1, -0.05) is 18.2 Å². The summed E-state index contributed by atoms with van der Waals surface area (Å²) in [5, 5.41) is 6.79. The Morgan fingerprint density at radius 2 is 1.91 bits per heavy atom. The molecule has 0 bridgehead atoms. The van der Waals surface area contributed by atoms with Gasteiger partial charge in [0.1, 0.15) is 11.5 Å². The number of nitrogens with zero attached hydrogens (tertiary/aromatic N) is 4. The number of hydrogen-bond acceptors (Lipinski definition) is 4. The van der Waals surface area contributed by atoms with E-state index in [-0.39, 0.29) is 35.8 Å². The molecule has 0 amide bonds. The predicted molar refractivity (Wildman–Crippen MR) is 140 cm³/mol. The van der Waals surface area contributed by atoms with E-state index in [4.69, 9.17) is 9.73 Å². The molecule has 9 heteroatoms. The molecule has 33 heavy (non-hydrogen) atoms. The van der Waals surface area contributed by atoms with Gasteiger partial charge in [-0.15, -0.1) is 24.0 Å². The Hall–Kier alpha value is -2.24. The molecule has 1 aliphatic rings. The molecule has 0 spiro atoms. The molecule has 2 N–H and O–H groups in total. The van der Waals surface area contributed by atoms with Crippen molar-refractivity contribution in [3.63, 3.8) is 0 Å². The van der Waals surface area contributed by atoms with Crippen molar-refractivity contribution in [3.8, 4) is 0 Å². The second-order valence-corrected chi connectivity index (χ2v) is 7.92. The summed E-state index contributed by atoms with van der Waals surface area (Å²) in [5.74, 6) is 0.515. The standard InChI is InChI=1S/C24H31FN6O.HI/c1-3-26-24(27-15-21-17-31-18(2)5-4-6-23(31)29-21)28-16-22(30-11-13-32-14-12-30)19-7-9-20(25)10-8-19;/h4-10,17,22H,3,11-16H2,1-2H3,(H2,26,27,28);1H. The van der Waals surface area contributed by atoms with Crippen LogP contribution in [0.1, 0.15) is 29.9 Å². The first-order valence-electron chi connectivity index (χ1n) is 11.2. The number of ether oxygens (including phenoxy) is 1. The Kier molecular flexibility index (Phi) is 9.45. The Bertz CT molecular complexity index is 1050. The van der Waals surface area contributed by atoms with Crippen molar-refractivity contribution >= 4 is 35.6 Å². The van der Waals surface area contributed by atoms with Crippen molar-refractivity contribution < 1.29 is 9.13 Å². The van der Waals surface area contributed by atoms with Crippen LogP contribution in [0.3, 0.4) is 0 Å². The average Bonchev–Trinajstić information content (AvgIpc) is 3.24. The number of halogens is 2. The van der Waals surface area contributed by atoms with Crippen LogP contribution in [0.25, 0.3) is 5.65 Å². The maximum atomic E-state index is 13.5. The summed E-state index contributed by atoms with van der Waals surface area (Å²) in [7, 11) is 0. The van der Waals surface area contributed by atoms with Crippen molar-refractivity contribution in [2.24, 2.45) is 4.99 Å². The highest BCUT2D eigenvalue weighted by molar-refractivity contribution is 14.0. The van der Waals surface area contributed by atoms with Crippen molar-refractivity contribution in [1.29, 1.82) is 0 Å². The van der Waals surface area contributed by atoms with Crippen LogP contribution >= 0.6 is 24.0 Å². The fraction of sp³-hybridized carbons (Fsp3) is 0.417. The molecule has 0 radical (unpaired) electrons. The normalized spacial score (nSPS) is 15.8. The molecule has 178 valence electrons. The molecule has 1 saturated heterocycles. The second-order valence-electron chi connectivity index (χ2n) is 7.92. The van der Waals surface area contributed by atoms with Crippen molar-refractivity contribution in [2.75, 3.05) is 39.4 Å². The van der Waals surface area contributed by atoms with Gasteiger partial charge in [0, 0.05) is 38.1 Å². The molecule has 1 aromatic carbocycles. The van der Waals surface area contributed by atoms with Crippen LogP contribution in [-0.2, 0) is 11.3 Å². The summed E-state index contributed by atoms with van der Waals surface area (Å²) in [4.78, 5) is 11.8. The number of morpholine rings is 1. The smallest absolute Gasteiger partial charge is 0.191 e. The van der Waals surface area contributed by atoms with Gasteiger partial charge in [0.05, 0.1) is 31.5 Å². The highest BCUT2D eigenvalue weighted by atomic mass is 127. The summed E-state index contributed by atoms with van der Waals surface area (Å²) in [5.41, 5.74) is 4.06. The van der Waals surface area contributed by atoms with E-state index in [9.17, 15) is 4.39 Å². The van der Waals surface area contributed by atoms with Gasteiger partial charge >= 0.3 is 0 Å². The zero-order valence-electron chi connectivity index (χ0n) is 19.1. The summed E-state index contributed by atoms with van der Waals surface area (Å²) in [6.45, 7) is 9.11. The fourth-order valence-electron chi connectivity index (χ4n) is 4.00. The lowest BCUT2D eigenvalue weighted by molar-refractivity contribution is 0.0170. The average molecular weight is 566 g/mol. The largest absolute Gasteiger partial charge is 0.379 e. The molecular weight excluding hydrogens is 534 g/mol. The molecule has 7 nitrogen and oxygen atoms in total. The zero-order valence-corrected chi connectivity index (χ0v) is 21.5. The van der Waals surface area contributed by atoms with Crippen molar-refractivity contribution in [3.05, 3.63) is 71.4 Å². The van der Waals surface area contributed by atoms with E-state index in [0.717, 1.165) is 48.2 Å². The Morgan fingerprint density at radius 1 is 1.15 bits per heavy atom. The minimum Gasteiger partial charge on any atom is -0.379 e. The number of nitrogens with one attached hydrogen (secondary N) is 2. The van der Waals surface area contributed by atoms with E-state index < -0.39 is 0 Å². The number of hydrogen-bond donors (Lipinski definition) is 2. The number of aryl methyl sites for hydroxylation is 1. The van der Waals surface area contributed by atoms with Gasteiger partial charge in [0.2, 0.25) is 0 Å². The van der Waals surface area contributed by atoms with Gasteiger partial charge in [-0.2, -0.15) is 0 Å². The van der Waals surface area contributed by atoms with Crippen LogP contribution in [0, 0.1) is 12.7 Å². The third kappa shape index (κ3) is 6.64. The minimum absolute atomic E-state index is 0. The Balaban J connectivity index is 0.00000306. The second kappa shape index (κ2) is 12.3. The first-order valence-corrected chi connectivity index (χ1v) is 11.2. The first-order chi connectivity index (χ1) is 15.6. The SMILES string of the molecule is CCNC(=NCc1cn2c(C)cccc2n1)NCC(c1ccc(F)cc1)N1CCOCC1.I. The number of pyridine rings is 1. The van der Waals surface area contributed by atoms with E-state index in [0.29, 0.717) is 26.3 Å². The van der Waals surface area contributed by atoms with Gasteiger partial charge in [-0.05, 0) is 43.7 Å². The van der Waals surface area contributed by atoms with E-state index in [1.165, 1.54) is 12.1 Å². The van der Waals surface area contributed by atoms with Gasteiger partial charge < -0.3 is 19.8 Å². The van der Waals surface area contributed by atoms with Gasteiger partial charge in [0.25, 0.3) is 0 Å². The lowest BCUT2D eigenvalue weighted by Crippen LogP contribution is -2.46. The van der Waals surface area contributed by atoms with E-state index >= 15 is 0 Å². The quantitative estimate of drug-likeness (QED) is 0.261. The van der Waals surface area contributed by atoms with Crippen molar-refractivity contribution in [2.45, 2.75) is 26.4 Å². The fourth-order valence-corrected chi connectivity index (χ4v) is 4.00. The third-order valence-electron chi connectivity index (χ3n) is 5.69. The topological polar surface area (TPSA) is 66.2 Å². The summed E-state index contributed by atoms with van der Waals surface area (Å²) in [6.07, 6.45) is 2.03. The summed E-state index contributed by atoms with van der Waals surface area (Å²) in [6, 6.07) is 12.9. The highest BCUT2D eigenvalue weighted by Crippen LogP contribution is 2.21. The van der Waals surface area contributed by atoms with E-state index in [1.807, 2.05) is 37.4 Å². The zero-order chi connectivity index (χ0) is 22.3. The molecule has 3 aromatic rings. The number of fused-ring (bicyclic) bond motifs is 1. The van der Waals surface area contributed by atoms with Crippen LogP contribution in [0.5, 0.6) is 0 Å². The summed E-state index contributed by atoms with van der Waals surface area (Å²) >= 11 is 0. The molecule has 1 aliphatic heterocycles. The number of guanidine groups is 1. The first kappa shape index (κ1) is 25.4. The maximum Gasteiger partial charge on any atom is 0.191 e. The monoisotopic (exact) mass is 566 g/mol.